The maximum Gasteiger partial charge on any atom is 0.416 e. The lowest BCUT2D eigenvalue weighted by Gasteiger charge is -2.13. The number of rotatable bonds is 5. The van der Waals surface area contributed by atoms with Gasteiger partial charge in [-0.05, 0) is 42.8 Å². The Balaban J connectivity index is 1.86. The highest BCUT2D eigenvalue weighted by atomic mass is 19.4. The molecule has 2 aromatic rings. The summed E-state index contributed by atoms with van der Waals surface area (Å²) in [6.07, 6.45) is -3.70. The molecule has 0 heterocycles. The number of hydrogen-bond acceptors (Lipinski definition) is 4. The van der Waals surface area contributed by atoms with Crippen LogP contribution in [0.3, 0.4) is 0 Å². The SMILES string of the molecule is C[C@@H](OC(=O)/C=C/c1cccc(C(F)(F)F)c1)C(=O)NNC(=O)c1ccccc1. The number of hydrazine groups is 1. The van der Waals surface area contributed by atoms with E-state index in [0.29, 0.717) is 5.56 Å². The molecule has 152 valence electrons. The van der Waals surface area contributed by atoms with Gasteiger partial charge in [-0.3, -0.25) is 20.4 Å². The third-order valence-electron chi connectivity index (χ3n) is 3.62. The Bertz CT molecular complexity index is 911. The number of benzene rings is 2. The zero-order valence-electron chi connectivity index (χ0n) is 15.2. The van der Waals surface area contributed by atoms with Crippen molar-refractivity contribution in [3.05, 3.63) is 77.4 Å². The van der Waals surface area contributed by atoms with E-state index < -0.39 is 35.6 Å². The van der Waals surface area contributed by atoms with Crippen LogP contribution in [-0.2, 0) is 20.5 Å². The van der Waals surface area contributed by atoms with E-state index in [-0.39, 0.29) is 5.56 Å². The van der Waals surface area contributed by atoms with Gasteiger partial charge in [-0.1, -0.05) is 30.3 Å². The standard InChI is InChI=1S/C20H17F3N2O4/c1-13(18(27)24-25-19(28)15-7-3-2-4-8-15)29-17(26)11-10-14-6-5-9-16(12-14)20(21,22)23/h2-13H,1H3,(H,24,27)(H,25,28)/b11-10+/t13-/m1/s1. The van der Waals surface area contributed by atoms with E-state index in [4.69, 9.17) is 4.74 Å². The van der Waals surface area contributed by atoms with Crippen LogP contribution in [0.25, 0.3) is 6.08 Å². The number of carbonyl (C=O) groups excluding carboxylic acids is 3. The number of alkyl halides is 3. The molecular weight excluding hydrogens is 389 g/mol. The minimum atomic E-state index is -4.50. The van der Waals surface area contributed by atoms with Crippen LogP contribution in [0.15, 0.2) is 60.7 Å². The van der Waals surface area contributed by atoms with Crippen LogP contribution < -0.4 is 10.9 Å². The number of amides is 2. The summed E-state index contributed by atoms with van der Waals surface area (Å²) in [5, 5.41) is 0. The molecule has 2 aromatic carbocycles. The molecule has 2 rings (SSSR count). The topological polar surface area (TPSA) is 84.5 Å². The van der Waals surface area contributed by atoms with Crippen molar-refractivity contribution in [1.29, 1.82) is 0 Å². The van der Waals surface area contributed by atoms with E-state index in [2.05, 4.69) is 10.9 Å². The molecule has 0 radical (unpaired) electrons. The van der Waals surface area contributed by atoms with E-state index in [1.165, 1.54) is 19.1 Å². The van der Waals surface area contributed by atoms with Crippen molar-refractivity contribution < 1.29 is 32.3 Å². The van der Waals surface area contributed by atoms with E-state index in [9.17, 15) is 27.6 Å². The lowest BCUT2D eigenvalue weighted by molar-refractivity contribution is -0.150. The molecule has 0 fully saturated rings. The van der Waals surface area contributed by atoms with Crippen molar-refractivity contribution in [3.63, 3.8) is 0 Å². The zero-order chi connectivity index (χ0) is 21.4. The van der Waals surface area contributed by atoms with E-state index >= 15 is 0 Å². The van der Waals surface area contributed by atoms with Gasteiger partial charge in [0.25, 0.3) is 11.8 Å². The average Bonchev–Trinajstić information content (AvgIpc) is 2.70. The molecule has 0 aromatic heterocycles. The van der Waals surface area contributed by atoms with Gasteiger partial charge in [0.1, 0.15) is 0 Å². The first kappa shape index (κ1) is 21.7. The molecule has 6 nitrogen and oxygen atoms in total. The number of ether oxygens (including phenoxy) is 1. The van der Waals surface area contributed by atoms with E-state index in [1.54, 1.807) is 30.3 Å². The van der Waals surface area contributed by atoms with Crippen LogP contribution in [0.2, 0.25) is 0 Å². The Morgan fingerprint density at radius 1 is 1.00 bits per heavy atom. The summed E-state index contributed by atoms with van der Waals surface area (Å²) in [7, 11) is 0. The van der Waals surface area contributed by atoms with Gasteiger partial charge in [0.2, 0.25) is 0 Å². The summed E-state index contributed by atoms with van der Waals surface area (Å²) in [6, 6.07) is 12.5. The maximum absolute atomic E-state index is 12.7. The molecule has 9 heteroatoms. The van der Waals surface area contributed by atoms with Crippen LogP contribution >= 0.6 is 0 Å². The van der Waals surface area contributed by atoms with Gasteiger partial charge >= 0.3 is 12.1 Å². The molecule has 29 heavy (non-hydrogen) atoms. The largest absolute Gasteiger partial charge is 0.449 e. The minimum Gasteiger partial charge on any atom is -0.449 e. The van der Waals surface area contributed by atoms with Gasteiger partial charge in [0, 0.05) is 11.6 Å². The quantitative estimate of drug-likeness (QED) is 0.454. The third-order valence-corrected chi connectivity index (χ3v) is 3.62. The van der Waals surface area contributed by atoms with Crippen LogP contribution in [0.5, 0.6) is 0 Å². The van der Waals surface area contributed by atoms with Gasteiger partial charge in [0.15, 0.2) is 6.10 Å². The fourth-order valence-electron chi connectivity index (χ4n) is 2.13. The van der Waals surface area contributed by atoms with Crippen molar-refractivity contribution in [2.24, 2.45) is 0 Å². The summed E-state index contributed by atoms with van der Waals surface area (Å²) >= 11 is 0. The Kier molecular flexibility index (Phi) is 7.13. The molecule has 0 aliphatic heterocycles. The van der Waals surface area contributed by atoms with E-state index in [0.717, 1.165) is 24.3 Å². The number of esters is 1. The minimum absolute atomic E-state index is 0.143. The summed E-state index contributed by atoms with van der Waals surface area (Å²) in [5.41, 5.74) is 3.91. The predicted molar refractivity (Wildman–Crippen MR) is 98.1 cm³/mol. The van der Waals surface area contributed by atoms with Crippen molar-refractivity contribution in [3.8, 4) is 0 Å². The van der Waals surface area contributed by atoms with E-state index in [1.807, 2.05) is 0 Å². The summed E-state index contributed by atoms with van der Waals surface area (Å²) in [4.78, 5) is 35.5. The molecule has 0 saturated carbocycles. The number of carbonyl (C=O) groups is 3. The highest BCUT2D eigenvalue weighted by Gasteiger charge is 2.30. The molecule has 0 unspecified atom stereocenters. The lowest BCUT2D eigenvalue weighted by atomic mass is 10.1. The normalized spacial score (nSPS) is 12.3. The van der Waals surface area contributed by atoms with Gasteiger partial charge in [0.05, 0.1) is 5.56 Å². The highest BCUT2D eigenvalue weighted by Crippen LogP contribution is 2.29. The van der Waals surface area contributed by atoms with Crippen LogP contribution in [0.4, 0.5) is 13.2 Å². The summed E-state index contributed by atoms with van der Waals surface area (Å²) < 4.78 is 42.9. The molecule has 0 spiro atoms. The Hall–Kier alpha value is -3.62. The van der Waals surface area contributed by atoms with Crippen LogP contribution in [-0.4, -0.2) is 23.9 Å². The smallest absolute Gasteiger partial charge is 0.416 e. The molecule has 0 aliphatic rings. The first-order valence-corrected chi connectivity index (χ1v) is 8.38. The Labute approximate surface area is 164 Å². The molecule has 2 amide bonds. The fourth-order valence-corrected chi connectivity index (χ4v) is 2.13. The first-order valence-electron chi connectivity index (χ1n) is 8.38. The number of hydrogen-bond donors (Lipinski definition) is 2. The number of nitrogens with one attached hydrogen (secondary N) is 2. The second kappa shape index (κ2) is 9.54. The average molecular weight is 406 g/mol. The fraction of sp³-hybridized carbons (Fsp3) is 0.150. The van der Waals surface area contributed by atoms with Crippen molar-refractivity contribution in [1.82, 2.24) is 10.9 Å². The zero-order valence-corrected chi connectivity index (χ0v) is 15.2. The second-order valence-corrected chi connectivity index (χ2v) is 5.85. The van der Waals surface area contributed by atoms with Crippen molar-refractivity contribution in [2.45, 2.75) is 19.2 Å². The lowest BCUT2D eigenvalue weighted by Crippen LogP contribution is -2.46. The first-order chi connectivity index (χ1) is 13.7. The van der Waals surface area contributed by atoms with Gasteiger partial charge in [-0.25, -0.2) is 4.79 Å². The molecule has 1 atom stereocenters. The van der Waals surface area contributed by atoms with Crippen LogP contribution in [0, 0.1) is 0 Å². The molecule has 0 aliphatic carbocycles. The highest BCUT2D eigenvalue weighted by molar-refractivity contribution is 5.96. The summed E-state index contributed by atoms with van der Waals surface area (Å²) in [6.45, 7) is 1.28. The molecule has 2 N–H and O–H groups in total. The predicted octanol–water partition coefficient (Wildman–Crippen LogP) is 3.11. The van der Waals surface area contributed by atoms with Crippen LogP contribution in [0.1, 0.15) is 28.4 Å². The van der Waals surface area contributed by atoms with Crippen molar-refractivity contribution in [2.75, 3.05) is 0 Å². The monoisotopic (exact) mass is 406 g/mol. The summed E-state index contributed by atoms with van der Waals surface area (Å²) in [5.74, 6) is -2.27. The third kappa shape index (κ3) is 6.80. The Morgan fingerprint density at radius 2 is 1.69 bits per heavy atom. The van der Waals surface area contributed by atoms with Gasteiger partial charge in [-0.15, -0.1) is 0 Å². The van der Waals surface area contributed by atoms with Gasteiger partial charge < -0.3 is 4.74 Å². The molecule has 0 bridgehead atoms. The van der Waals surface area contributed by atoms with Gasteiger partial charge in [-0.2, -0.15) is 13.2 Å². The Morgan fingerprint density at radius 3 is 2.34 bits per heavy atom. The van der Waals surface area contributed by atoms with Crippen molar-refractivity contribution >= 4 is 23.9 Å². The second-order valence-electron chi connectivity index (χ2n) is 5.85. The number of halogens is 3. The molecule has 0 saturated heterocycles. The molecular formula is C20H17F3N2O4. The maximum atomic E-state index is 12.7.